The highest BCUT2D eigenvalue weighted by molar-refractivity contribution is 9.10. The zero-order valence-corrected chi connectivity index (χ0v) is 14.4. The molecule has 1 nitrogen and oxygen atoms in total. The molecule has 1 aromatic carbocycles. The Morgan fingerprint density at radius 2 is 1.38 bits per heavy atom. The molecule has 1 saturated carbocycles. The summed E-state index contributed by atoms with van der Waals surface area (Å²) in [6, 6.07) is 5.76. The topological polar surface area (TPSA) is 12.0 Å². The third-order valence-corrected chi connectivity index (χ3v) is 5.00. The van der Waals surface area contributed by atoms with Gasteiger partial charge in [-0.15, -0.1) is 0 Å². The first-order chi connectivity index (χ1) is 10.3. The first kappa shape index (κ1) is 16.8. The molecule has 0 heterocycles. The average Bonchev–Trinajstić information content (AvgIpc) is 2.46. The summed E-state index contributed by atoms with van der Waals surface area (Å²) in [4.78, 5) is 0. The number of nitrogens with one attached hydrogen (secondary N) is 1. The van der Waals surface area contributed by atoms with E-state index < -0.39 is 0 Å². The molecule has 1 N–H and O–H groups in total. The average molecular weight is 356 g/mol. The van der Waals surface area contributed by atoms with Crippen LogP contribution in [0, 0.1) is 5.82 Å². The maximum absolute atomic E-state index is 13.3. The first-order valence-corrected chi connectivity index (χ1v) is 9.26. The van der Waals surface area contributed by atoms with Crippen LogP contribution in [-0.4, -0.2) is 6.04 Å². The second-order valence-corrected chi connectivity index (χ2v) is 7.08. The van der Waals surface area contributed by atoms with E-state index in [1.54, 1.807) is 0 Å². The van der Waals surface area contributed by atoms with Crippen molar-refractivity contribution in [3.63, 3.8) is 0 Å². The van der Waals surface area contributed by atoms with Crippen molar-refractivity contribution in [2.45, 2.75) is 76.7 Å². The van der Waals surface area contributed by atoms with Crippen molar-refractivity contribution >= 4 is 21.6 Å². The van der Waals surface area contributed by atoms with Crippen LogP contribution in [0.3, 0.4) is 0 Å². The summed E-state index contributed by atoms with van der Waals surface area (Å²) >= 11 is 3.27. The lowest BCUT2D eigenvalue weighted by molar-refractivity contribution is 0.480. The summed E-state index contributed by atoms with van der Waals surface area (Å²) in [5.41, 5.74) is 1.03. The highest BCUT2D eigenvalue weighted by atomic mass is 79.9. The molecule has 3 heteroatoms. The van der Waals surface area contributed by atoms with Gasteiger partial charge in [0.1, 0.15) is 5.82 Å². The quantitative estimate of drug-likeness (QED) is 0.624. The molecule has 0 aromatic heterocycles. The lowest BCUT2D eigenvalue weighted by atomic mass is 9.98. The molecule has 1 fully saturated rings. The van der Waals surface area contributed by atoms with E-state index in [-0.39, 0.29) is 5.82 Å². The summed E-state index contributed by atoms with van der Waals surface area (Å²) in [6.07, 6.45) is 14.8. The fourth-order valence-corrected chi connectivity index (χ4v) is 3.51. The minimum atomic E-state index is -0.195. The molecule has 1 aliphatic carbocycles. The van der Waals surface area contributed by atoms with Gasteiger partial charge in [-0.1, -0.05) is 57.8 Å². The fraction of sp³-hybridized carbons (Fsp3) is 0.667. The predicted molar refractivity (Wildman–Crippen MR) is 92.3 cm³/mol. The molecule has 1 aromatic rings. The smallest absolute Gasteiger partial charge is 0.137 e. The zero-order valence-electron chi connectivity index (χ0n) is 12.8. The monoisotopic (exact) mass is 355 g/mol. The summed E-state index contributed by atoms with van der Waals surface area (Å²) in [6.45, 7) is 0. The van der Waals surface area contributed by atoms with Crippen LogP contribution >= 0.6 is 15.9 Å². The molecule has 0 unspecified atom stereocenters. The van der Waals surface area contributed by atoms with Crippen molar-refractivity contribution in [3.05, 3.63) is 28.5 Å². The Kier molecular flexibility index (Phi) is 7.56. The third-order valence-electron chi connectivity index (χ3n) is 4.40. The van der Waals surface area contributed by atoms with Crippen LogP contribution in [0.4, 0.5) is 10.1 Å². The minimum absolute atomic E-state index is 0.195. The summed E-state index contributed by atoms with van der Waals surface area (Å²) in [5.74, 6) is -0.195. The number of hydrogen-bond donors (Lipinski definition) is 1. The van der Waals surface area contributed by atoms with E-state index in [0.29, 0.717) is 10.5 Å². The second kappa shape index (κ2) is 9.45. The highest BCUT2D eigenvalue weighted by Gasteiger charge is 2.10. The van der Waals surface area contributed by atoms with Crippen molar-refractivity contribution in [2.24, 2.45) is 0 Å². The van der Waals surface area contributed by atoms with Crippen molar-refractivity contribution in [2.75, 3.05) is 5.32 Å². The van der Waals surface area contributed by atoms with Crippen LogP contribution in [0.15, 0.2) is 22.7 Å². The van der Waals surface area contributed by atoms with Crippen LogP contribution in [0.1, 0.15) is 70.6 Å². The lowest BCUT2D eigenvalue weighted by Gasteiger charge is -2.21. The van der Waals surface area contributed by atoms with Gasteiger partial charge in [0.2, 0.25) is 0 Å². The Morgan fingerprint density at radius 1 is 0.857 bits per heavy atom. The summed E-state index contributed by atoms with van der Waals surface area (Å²) in [5, 5.41) is 3.60. The van der Waals surface area contributed by atoms with Crippen molar-refractivity contribution in [3.8, 4) is 0 Å². The Balaban J connectivity index is 1.88. The largest absolute Gasteiger partial charge is 0.382 e. The zero-order chi connectivity index (χ0) is 14.9. The van der Waals surface area contributed by atoms with E-state index in [1.807, 2.05) is 12.1 Å². The normalized spacial score (nSPS) is 19.5. The molecule has 0 amide bonds. The second-order valence-electron chi connectivity index (χ2n) is 6.23. The molecule has 0 saturated heterocycles. The molecule has 0 spiro atoms. The minimum Gasteiger partial charge on any atom is -0.382 e. The van der Waals surface area contributed by atoms with Crippen LogP contribution in [0.5, 0.6) is 0 Å². The van der Waals surface area contributed by atoms with Crippen molar-refractivity contribution < 1.29 is 4.39 Å². The summed E-state index contributed by atoms with van der Waals surface area (Å²) < 4.78 is 13.8. The van der Waals surface area contributed by atoms with Gasteiger partial charge >= 0.3 is 0 Å². The van der Waals surface area contributed by atoms with Gasteiger partial charge in [0.15, 0.2) is 0 Å². The van der Waals surface area contributed by atoms with E-state index in [1.165, 1.54) is 76.7 Å². The van der Waals surface area contributed by atoms with E-state index in [4.69, 9.17) is 0 Å². The van der Waals surface area contributed by atoms with E-state index in [0.717, 1.165) is 5.69 Å². The van der Waals surface area contributed by atoms with Gasteiger partial charge in [-0.2, -0.15) is 0 Å². The number of halogens is 2. The molecule has 1 aliphatic rings. The number of rotatable bonds is 2. The Labute approximate surface area is 136 Å². The van der Waals surface area contributed by atoms with E-state index >= 15 is 0 Å². The van der Waals surface area contributed by atoms with Crippen LogP contribution in [-0.2, 0) is 0 Å². The molecule has 0 bridgehead atoms. The Hall–Kier alpha value is -0.570. The van der Waals surface area contributed by atoms with Crippen LogP contribution < -0.4 is 5.32 Å². The highest BCUT2D eigenvalue weighted by Crippen LogP contribution is 2.23. The predicted octanol–water partition coefficient (Wildman–Crippen LogP) is 6.67. The maximum Gasteiger partial charge on any atom is 0.137 e. The SMILES string of the molecule is Fc1ccc(NC2CCCCCCCCCCC2)cc1Br. The number of benzene rings is 1. The van der Waals surface area contributed by atoms with Crippen LogP contribution in [0.25, 0.3) is 0 Å². The molecule has 0 aliphatic heterocycles. The molecule has 2 rings (SSSR count). The standard InChI is InChI=1S/C18H27BrFN/c19-17-14-16(12-13-18(17)20)21-15-10-8-6-4-2-1-3-5-7-9-11-15/h12-15,21H,1-11H2. The number of anilines is 1. The van der Waals surface area contributed by atoms with Gasteiger partial charge in [0, 0.05) is 11.7 Å². The summed E-state index contributed by atoms with van der Waals surface area (Å²) in [7, 11) is 0. The Morgan fingerprint density at radius 3 is 1.90 bits per heavy atom. The van der Waals surface area contributed by atoms with Gasteiger partial charge in [-0.25, -0.2) is 4.39 Å². The first-order valence-electron chi connectivity index (χ1n) is 8.47. The van der Waals surface area contributed by atoms with Crippen molar-refractivity contribution in [1.29, 1.82) is 0 Å². The van der Waals surface area contributed by atoms with Crippen LogP contribution in [0.2, 0.25) is 0 Å². The molecule has 0 radical (unpaired) electrons. The molecule has 118 valence electrons. The molecule has 0 atom stereocenters. The third kappa shape index (κ3) is 6.37. The van der Waals surface area contributed by atoms with E-state index in [9.17, 15) is 4.39 Å². The van der Waals surface area contributed by atoms with Crippen molar-refractivity contribution in [1.82, 2.24) is 0 Å². The fourth-order valence-electron chi connectivity index (χ4n) is 3.13. The van der Waals surface area contributed by atoms with Gasteiger partial charge in [-0.05, 0) is 47.0 Å². The van der Waals surface area contributed by atoms with E-state index in [2.05, 4.69) is 21.2 Å². The van der Waals surface area contributed by atoms with Gasteiger partial charge in [-0.3, -0.25) is 0 Å². The lowest BCUT2D eigenvalue weighted by Crippen LogP contribution is -2.19. The molecular weight excluding hydrogens is 329 g/mol. The van der Waals surface area contributed by atoms with Gasteiger partial charge in [0.25, 0.3) is 0 Å². The number of hydrogen-bond acceptors (Lipinski definition) is 1. The maximum atomic E-state index is 13.3. The Bertz CT molecular complexity index is 410. The molecule has 21 heavy (non-hydrogen) atoms. The molecular formula is C18H27BrFN. The van der Waals surface area contributed by atoms with Gasteiger partial charge in [0.05, 0.1) is 4.47 Å². The van der Waals surface area contributed by atoms with Gasteiger partial charge < -0.3 is 5.32 Å².